The molecule has 5 aromatic rings. The second kappa shape index (κ2) is 7.21. The zero-order valence-corrected chi connectivity index (χ0v) is 18.1. The molecule has 0 bridgehead atoms. The molecule has 0 aliphatic carbocycles. The summed E-state index contributed by atoms with van der Waals surface area (Å²) in [7, 11) is 1.81. The highest BCUT2D eigenvalue weighted by Gasteiger charge is 2.22. The summed E-state index contributed by atoms with van der Waals surface area (Å²) in [6, 6.07) is 17.4. The fourth-order valence-corrected chi connectivity index (χ4v) is 4.57. The first kappa shape index (κ1) is 19.1. The molecule has 1 aliphatic heterocycles. The second-order valence-corrected chi connectivity index (χ2v) is 8.70. The van der Waals surface area contributed by atoms with Gasteiger partial charge >= 0.3 is 0 Å². The van der Waals surface area contributed by atoms with Crippen LogP contribution in [0.4, 0.5) is 0 Å². The van der Waals surface area contributed by atoms with Crippen LogP contribution in [0.15, 0.2) is 71.9 Å². The van der Waals surface area contributed by atoms with Crippen molar-refractivity contribution in [3.63, 3.8) is 0 Å². The quantitative estimate of drug-likeness (QED) is 0.458. The van der Waals surface area contributed by atoms with Gasteiger partial charge in [0.25, 0.3) is 5.56 Å². The SMILES string of the molecule is CC(c1ccc2ccccc2c1)c1cn(C)c(=O)c2[nH]c(-c3cnn(C4COC4)c3)cc12. The van der Waals surface area contributed by atoms with E-state index in [-0.39, 0.29) is 11.5 Å². The van der Waals surface area contributed by atoms with Crippen LogP contribution in [0.25, 0.3) is 32.9 Å². The van der Waals surface area contributed by atoms with Gasteiger partial charge in [0.1, 0.15) is 5.52 Å². The molecule has 1 saturated heterocycles. The Labute approximate surface area is 185 Å². The molecular formula is C26H24N4O2. The molecule has 1 atom stereocenters. The van der Waals surface area contributed by atoms with Crippen molar-refractivity contribution in [3.05, 3.63) is 88.6 Å². The van der Waals surface area contributed by atoms with Crippen LogP contribution in [0, 0.1) is 0 Å². The van der Waals surface area contributed by atoms with Crippen molar-refractivity contribution >= 4 is 21.7 Å². The molecule has 1 unspecified atom stereocenters. The number of H-pyrrole nitrogens is 1. The third kappa shape index (κ3) is 2.99. The van der Waals surface area contributed by atoms with Gasteiger partial charge in [0, 0.05) is 42.0 Å². The summed E-state index contributed by atoms with van der Waals surface area (Å²) < 4.78 is 8.90. The molecule has 32 heavy (non-hydrogen) atoms. The molecule has 6 nitrogen and oxygen atoms in total. The van der Waals surface area contributed by atoms with Gasteiger partial charge in [-0.05, 0) is 28.0 Å². The number of aromatic nitrogens is 4. The van der Waals surface area contributed by atoms with Crippen LogP contribution < -0.4 is 5.56 Å². The standard InChI is InChI=1S/C26H24N4O2/c1-16(18-8-7-17-5-3-4-6-19(17)9-18)23-13-29(2)26(31)25-22(23)10-24(28-25)20-11-27-30(12-20)21-14-32-15-21/h3-13,16,21,28H,14-15H2,1-2H3. The van der Waals surface area contributed by atoms with E-state index in [1.807, 2.05) is 30.3 Å². The molecule has 4 heterocycles. The fraction of sp³-hybridized carbons (Fsp3) is 0.231. The zero-order chi connectivity index (χ0) is 21.8. The van der Waals surface area contributed by atoms with Gasteiger partial charge in [0.2, 0.25) is 0 Å². The molecule has 6 heteroatoms. The van der Waals surface area contributed by atoms with Gasteiger partial charge in [-0.15, -0.1) is 0 Å². The Morgan fingerprint density at radius 1 is 1.09 bits per heavy atom. The highest BCUT2D eigenvalue weighted by atomic mass is 16.5. The summed E-state index contributed by atoms with van der Waals surface area (Å²) in [4.78, 5) is 16.3. The lowest BCUT2D eigenvalue weighted by atomic mass is 9.90. The molecule has 3 aromatic heterocycles. The minimum absolute atomic E-state index is 0.0273. The van der Waals surface area contributed by atoms with Gasteiger partial charge < -0.3 is 14.3 Å². The maximum absolute atomic E-state index is 12.9. The molecule has 0 spiro atoms. The lowest BCUT2D eigenvalue weighted by molar-refractivity contribution is -0.0286. The number of aromatic amines is 1. The van der Waals surface area contributed by atoms with Crippen LogP contribution in [0.2, 0.25) is 0 Å². The molecule has 1 fully saturated rings. The van der Waals surface area contributed by atoms with Gasteiger partial charge in [-0.3, -0.25) is 9.48 Å². The Balaban J connectivity index is 1.46. The predicted octanol–water partition coefficient (Wildman–Crippen LogP) is 4.61. The van der Waals surface area contributed by atoms with Crippen molar-refractivity contribution in [2.24, 2.45) is 7.05 Å². The largest absolute Gasteiger partial charge is 0.377 e. The van der Waals surface area contributed by atoms with Crippen molar-refractivity contribution < 1.29 is 4.74 Å². The molecule has 0 amide bonds. The van der Waals surface area contributed by atoms with Crippen LogP contribution in [0.3, 0.4) is 0 Å². The molecule has 160 valence electrons. The van der Waals surface area contributed by atoms with E-state index in [9.17, 15) is 4.79 Å². The topological polar surface area (TPSA) is 64.8 Å². The van der Waals surface area contributed by atoms with Gasteiger partial charge in [-0.25, -0.2) is 0 Å². The number of benzene rings is 2. The Morgan fingerprint density at radius 3 is 2.69 bits per heavy atom. The van der Waals surface area contributed by atoms with E-state index in [4.69, 9.17) is 4.74 Å². The number of rotatable bonds is 4. The van der Waals surface area contributed by atoms with Crippen molar-refractivity contribution in [2.75, 3.05) is 13.2 Å². The van der Waals surface area contributed by atoms with Crippen LogP contribution in [-0.4, -0.2) is 32.5 Å². The Morgan fingerprint density at radius 2 is 1.91 bits per heavy atom. The molecule has 0 saturated carbocycles. The van der Waals surface area contributed by atoms with Gasteiger partial charge in [-0.1, -0.05) is 49.4 Å². The van der Waals surface area contributed by atoms with Crippen LogP contribution >= 0.6 is 0 Å². The van der Waals surface area contributed by atoms with E-state index in [0.29, 0.717) is 24.8 Å². The van der Waals surface area contributed by atoms with Gasteiger partial charge in [0.05, 0.1) is 25.5 Å². The number of hydrogen-bond donors (Lipinski definition) is 1. The number of nitrogens with zero attached hydrogens (tertiary/aromatic N) is 3. The highest BCUT2D eigenvalue weighted by molar-refractivity contribution is 5.89. The smallest absolute Gasteiger partial charge is 0.274 e. The summed E-state index contributed by atoms with van der Waals surface area (Å²) in [5.74, 6) is 0.132. The number of ether oxygens (including phenoxy) is 1. The predicted molar refractivity (Wildman–Crippen MR) is 126 cm³/mol. The first-order valence-electron chi connectivity index (χ1n) is 10.9. The normalized spacial score (nSPS) is 15.3. The Kier molecular flexibility index (Phi) is 4.30. The summed E-state index contributed by atoms with van der Waals surface area (Å²) in [6.07, 6.45) is 5.84. The average molecular weight is 425 g/mol. The van der Waals surface area contributed by atoms with Crippen molar-refractivity contribution in [3.8, 4) is 11.3 Å². The van der Waals surface area contributed by atoms with Crippen LogP contribution in [-0.2, 0) is 11.8 Å². The maximum atomic E-state index is 12.9. The van der Waals surface area contributed by atoms with E-state index in [0.717, 1.165) is 22.2 Å². The summed E-state index contributed by atoms with van der Waals surface area (Å²) in [5, 5.41) is 7.90. The first-order chi connectivity index (χ1) is 15.6. The van der Waals surface area contributed by atoms with Gasteiger partial charge in [0.15, 0.2) is 0 Å². The third-order valence-corrected chi connectivity index (χ3v) is 6.64. The second-order valence-electron chi connectivity index (χ2n) is 8.70. The monoisotopic (exact) mass is 424 g/mol. The maximum Gasteiger partial charge on any atom is 0.274 e. The number of nitrogens with one attached hydrogen (secondary N) is 1. The van der Waals surface area contributed by atoms with Crippen molar-refractivity contribution in [2.45, 2.75) is 18.9 Å². The van der Waals surface area contributed by atoms with E-state index >= 15 is 0 Å². The minimum atomic E-state index is -0.0273. The molecule has 1 N–H and O–H groups in total. The summed E-state index contributed by atoms with van der Waals surface area (Å²) in [6.45, 7) is 3.59. The summed E-state index contributed by atoms with van der Waals surface area (Å²) >= 11 is 0. The lowest BCUT2D eigenvalue weighted by Gasteiger charge is -2.25. The highest BCUT2D eigenvalue weighted by Crippen LogP contribution is 2.33. The third-order valence-electron chi connectivity index (χ3n) is 6.64. The first-order valence-corrected chi connectivity index (χ1v) is 10.9. The minimum Gasteiger partial charge on any atom is -0.377 e. The molecule has 0 radical (unpaired) electrons. The number of hydrogen-bond acceptors (Lipinski definition) is 3. The van der Waals surface area contributed by atoms with E-state index in [1.54, 1.807) is 4.57 Å². The van der Waals surface area contributed by atoms with Crippen LogP contribution in [0.5, 0.6) is 0 Å². The molecular weight excluding hydrogens is 400 g/mol. The van der Waals surface area contributed by atoms with E-state index in [1.165, 1.54) is 16.3 Å². The lowest BCUT2D eigenvalue weighted by Crippen LogP contribution is -2.30. The number of aryl methyl sites for hydroxylation is 1. The zero-order valence-electron chi connectivity index (χ0n) is 18.1. The van der Waals surface area contributed by atoms with E-state index < -0.39 is 0 Å². The summed E-state index contributed by atoms with van der Waals surface area (Å²) in [5.41, 5.74) is 4.83. The van der Waals surface area contributed by atoms with Crippen LogP contribution in [0.1, 0.15) is 30.0 Å². The van der Waals surface area contributed by atoms with Gasteiger partial charge in [-0.2, -0.15) is 5.10 Å². The van der Waals surface area contributed by atoms with E-state index in [2.05, 4.69) is 65.5 Å². The molecule has 2 aromatic carbocycles. The number of fused-ring (bicyclic) bond motifs is 2. The average Bonchev–Trinajstić information content (AvgIpc) is 3.42. The molecule has 1 aliphatic rings. The fourth-order valence-electron chi connectivity index (χ4n) is 4.57. The Bertz CT molecular complexity index is 1520. The van der Waals surface area contributed by atoms with Crippen molar-refractivity contribution in [1.82, 2.24) is 19.3 Å². The van der Waals surface area contributed by atoms with Crippen molar-refractivity contribution in [1.29, 1.82) is 0 Å². The molecule has 6 rings (SSSR count). The number of pyridine rings is 1. The Hall–Kier alpha value is -3.64.